The highest BCUT2D eigenvalue weighted by Crippen LogP contribution is 2.07. The van der Waals surface area contributed by atoms with Gasteiger partial charge in [0.25, 0.3) is 0 Å². The maximum Gasteiger partial charge on any atom is 0.0109 e. The number of allylic oxidation sites excluding steroid dienone is 2. The van der Waals surface area contributed by atoms with Crippen LogP contribution in [0.15, 0.2) is 24.3 Å². The van der Waals surface area contributed by atoms with Crippen LogP contribution in [0, 0.1) is 0 Å². The predicted molar refractivity (Wildman–Crippen MR) is 39.0 cm³/mol. The highest BCUT2D eigenvalue weighted by atomic mass is 35.5. The highest BCUT2D eigenvalue weighted by molar-refractivity contribution is 6.29. The van der Waals surface area contributed by atoms with Gasteiger partial charge in [-0.3, -0.25) is 0 Å². The molecule has 0 aliphatic rings. The Hall–Kier alpha value is -0.230. The summed E-state index contributed by atoms with van der Waals surface area (Å²) >= 11 is 5.48. The Labute approximate surface area is 55.9 Å². The van der Waals surface area contributed by atoms with Gasteiger partial charge in [0.15, 0.2) is 0 Å². The molecule has 1 heteroatoms. The first-order valence-corrected chi connectivity index (χ1v) is 3.09. The van der Waals surface area contributed by atoms with Crippen molar-refractivity contribution in [2.45, 2.75) is 19.3 Å². The van der Waals surface area contributed by atoms with Crippen LogP contribution in [-0.2, 0) is 0 Å². The van der Waals surface area contributed by atoms with E-state index < -0.39 is 0 Å². The Morgan fingerprint density at radius 3 is 2.62 bits per heavy atom. The third kappa shape index (κ3) is 5.77. The number of hydrogen-bond acceptors (Lipinski definition) is 0. The summed E-state index contributed by atoms with van der Waals surface area (Å²) < 4.78 is 0. The number of hydrogen-bond donors (Lipinski definition) is 0. The van der Waals surface area contributed by atoms with Crippen molar-refractivity contribution in [1.29, 1.82) is 0 Å². The molecule has 0 unspecified atom stereocenters. The molecular formula is C7H11Cl. The van der Waals surface area contributed by atoms with Crippen molar-refractivity contribution in [3.05, 3.63) is 24.3 Å². The fraction of sp³-hybridized carbons (Fsp3) is 0.429. The summed E-state index contributed by atoms with van der Waals surface area (Å²) in [6, 6.07) is 0. The van der Waals surface area contributed by atoms with E-state index >= 15 is 0 Å². The van der Waals surface area contributed by atoms with Gasteiger partial charge in [-0.05, 0) is 19.3 Å². The Bertz CT molecular complexity index is 84.4. The zero-order chi connectivity index (χ0) is 6.41. The Balaban J connectivity index is 2.93. The number of halogens is 1. The van der Waals surface area contributed by atoms with Crippen molar-refractivity contribution in [3.8, 4) is 0 Å². The summed E-state index contributed by atoms with van der Waals surface area (Å²) in [5.74, 6) is 0. The molecular weight excluding hydrogens is 120 g/mol. The van der Waals surface area contributed by atoms with Crippen LogP contribution >= 0.6 is 11.6 Å². The third-order valence-electron chi connectivity index (χ3n) is 0.856. The van der Waals surface area contributed by atoms with Crippen LogP contribution in [0.3, 0.4) is 0 Å². The fourth-order valence-electron chi connectivity index (χ4n) is 0.438. The van der Waals surface area contributed by atoms with Gasteiger partial charge in [0.05, 0.1) is 0 Å². The smallest absolute Gasteiger partial charge is 0.0109 e. The molecule has 0 aliphatic heterocycles. The summed E-state index contributed by atoms with van der Waals surface area (Å²) in [6.07, 6.45) is 4.91. The quantitative estimate of drug-likeness (QED) is 0.405. The minimum atomic E-state index is 0.742. The lowest BCUT2D eigenvalue weighted by atomic mass is 10.2. The molecule has 0 aromatic heterocycles. The van der Waals surface area contributed by atoms with Crippen LogP contribution in [0.25, 0.3) is 0 Å². The summed E-state index contributed by atoms with van der Waals surface area (Å²) in [6.45, 7) is 7.14. The molecule has 0 spiro atoms. The molecule has 0 amide bonds. The van der Waals surface area contributed by atoms with Crippen molar-refractivity contribution in [1.82, 2.24) is 0 Å². The Morgan fingerprint density at radius 2 is 2.25 bits per heavy atom. The van der Waals surface area contributed by atoms with Gasteiger partial charge >= 0.3 is 0 Å². The summed E-state index contributed by atoms with van der Waals surface area (Å²) in [4.78, 5) is 0. The normalized spacial score (nSPS) is 8.62. The van der Waals surface area contributed by atoms with E-state index in [1.807, 2.05) is 6.08 Å². The SMILES string of the molecule is C=CCCCC(=C)Cl. The summed E-state index contributed by atoms with van der Waals surface area (Å²) in [7, 11) is 0. The molecule has 0 aromatic rings. The van der Waals surface area contributed by atoms with Crippen LogP contribution in [0.4, 0.5) is 0 Å². The van der Waals surface area contributed by atoms with E-state index in [4.69, 9.17) is 11.6 Å². The molecule has 0 rings (SSSR count). The first-order valence-electron chi connectivity index (χ1n) is 2.71. The van der Waals surface area contributed by atoms with Gasteiger partial charge in [0.2, 0.25) is 0 Å². The Morgan fingerprint density at radius 1 is 1.62 bits per heavy atom. The van der Waals surface area contributed by atoms with Crippen molar-refractivity contribution < 1.29 is 0 Å². The zero-order valence-electron chi connectivity index (χ0n) is 4.99. The van der Waals surface area contributed by atoms with Gasteiger partial charge in [-0.15, -0.1) is 6.58 Å². The molecule has 0 saturated heterocycles. The molecule has 46 valence electrons. The van der Waals surface area contributed by atoms with Gasteiger partial charge in [-0.2, -0.15) is 0 Å². The van der Waals surface area contributed by atoms with E-state index in [9.17, 15) is 0 Å². The van der Waals surface area contributed by atoms with Gasteiger partial charge in [-0.25, -0.2) is 0 Å². The topological polar surface area (TPSA) is 0 Å². The largest absolute Gasteiger partial charge is 0.103 e. The average Bonchev–Trinajstić information content (AvgIpc) is 1.66. The minimum absolute atomic E-state index is 0.742. The predicted octanol–water partition coefficient (Wildman–Crippen LogP) is 3.10. The molecule has 8 heavy (non-hydrogen) atoms. The standard InChI is InChI=1S/C7H11Cl/c1-3-4-5-6-7(2)8/h3H,1-2,4-6H2. The lowest BCUT2D eigenvalue weighted by Gasteiger charge is -1.90. The van der Waals surface area contributed by atoms with E-state index in [-0.39, 0.29) is 0 Å². The molecule has 0 aliphatic carbocycles. The first kappa shape index (κ1) is 7.77. The lowest BCUT2D eigenvalue weighted by molar-refractivity contribution is 0.862. The molecule has 0 saturated carbocycles. The molecule has 0 N–H and O–H groups in total. The van der Waals surface area contributed by atoms with Crippen LogP contribution < -0.4 is 0 Å². The van der Waals surface area contributed by atoms with Crippen LogP contribution in [0.1, 0.15) is 19.3 Å². The van der Waals surface area contributed by atoms with Crippen LogP contribution in [0.5, 0.6) is 0 Å². The molecule has 0 radical (unpaired) electrons. The molecule has 0 fully saturated rings. The number of rotatable bonds is 4. The molecule has 0 heterocycles. The van der Waals surface area contributed by atoms with E-state index in [1.54, 1.807) is 0 Å². The van der Waals surface area contributed by atoms with Crippen LogP contribution in [-0.4, -0.2) is 0 Å². The van der Waals surface area contributed by atoms with E-state index in [2.05, 4.69) is 13.2 Å². The van der Waals surface area contributed by atoms with Crippen molar-refractivity contribution >= 4 is 11.6 Å². The van der Waals surface area contributed by atoms with Crippen molar-refractivity contribution in [2.24, 2.45) is 0 Å². The maximum atomic E-state index is 5.48. The van der Waals surface area contributed by atoms with Crippen molar-refractivity contribution in [3.63, 3.8) is 0 Å². The fourth-order valence-corrected chi connectivity index (χ4v) is 0.572. The van der Waals surface area contributed by atoms with E-state index in [0.717, 1.165) is 24.3 Å². The molecule has 0 aromatic carbocycles. The van der Waals surface area contributed by atoms with Gasteiger partial charge in [0, 0.05) is 5.03 Å². The maximum absolute atomic E-state index is 5.48. The van der Waals surface area contributed by atoms with Crippen molar-refractivity contribution in [2.75, 3.05) is 0 Å². The monoisotopic (exact) mass is 130 g/mol. The van der Waals surface area contributed by atoms with E-state index in [0.29, 0.717) is 0 Å². The summed E-state index contributed by atoms with van der Waals surface area (Å²) in [5.41, 5.74) is 0. The van der Waals surface area contributed by atoms with Gasteiger partial charge < -0.3 is 0 Å². The second-order valence-corrected chi connectivity index (χ2v) is 2.23. The first-order chi connectivity index (χ1) is 3.77. The van der Waals surface area contributed by atoms with Crippen LogP contribution in [0.2, 0.25) is 0 Å². The second kappa shape index (κ2) is 4.92. The molecule has 0 atom stereocenters. The molecule has 0 nitrogen and oxygen atoms in total. The zero-order valence-corrected chi connectivity index (χ0v) is 5.75. The average molecular weight is 131 g/mol. The van der Waals surface area contributed by atoms with E-state index in [1.165, 1.54) is 0 Å². The second-order valence-electron chi connectivity index (χ2n) is 1.70. The van der Waals surface area contributed by atoms with Gasteiger partial charge in [0.1, 0.15) is 0 Å². The molecule has 0 bridgehead atoms. The Kier molecular flexibility index (Phi) is 4.78. The minimum Gasteiger partial charge on any atom is -0.103 e. The number of unbranched alkanes of at least 4 members (excludes halogenated alkanes) is 1. The lowest BCUT2D eigenvalue weighted by Crippen LogP contribution is -1.70. The summed E-state index contributed by atoms with van der Waals surface area (Å²) in [5, 5.41) is 0.742. The third-order valence-corrected chi connectivity index (χ3v) is 1.05. The highest BCUT2D eigenvalue weighted by Gasteiger charge is 1.84. The van der Waals surface area contributed by atoms with Gasteiger partial charge in [-0.1, -0.05) is 24.3 Å².